The van der Waals surface area contributed by atoms with Crippen molar-refractivity contribution in [2.24, 2.45) is 10.7 Å². The number of hydrogen-bond acceptors (Lipinski definition) is 12. The maximum absolute atomic E-state index is 14.0. The highest BCUT2D eigenvalue weighted by atomic mass is 31.2. The number of nitriles is 2. The Labute approximate surface area is 334 Å². The number of ether oxygens (including phenoxy) is 2. The van der Waals surface area contributed by atoms with Crippen LogP contribution in [0, 0.1) is 28.5 Å². The van der Waals surface area contributed by atoms with Crippen molar-refractivity contribution in [1.82, 2.24) is 4.68 Å². The molecule has 0 amide bonds. The summed E-state index contributed by atoms with van der Waals surface area (Å²) in [7, 11) is -2.32. The Morgan fingerprint density at radius 1 is 1.02 bits per heavy atom. The van der Waals surface area contributed by atoms with E-state index in [0.29, 0.717) is 37.3 Å². The number of unbranched alkanes of at least 4 members (excludes halogenated alkanes) is 13. The maximum Gasteiger partial charge on any atom is 0.330 e. The molecule has 15 heteroatoms. The van der Waals surface area contributed by atoms with Gasteiger partial charge in [-0.05, 0) is 69.0 Å². The molecule has 4 atom stereocenters. The Hall–Kier alpha value is -3.17. The number of nitrogens with two attached hydrogens (primary N) is 1. The van der Waals surface area contributed by atoms with Crippen LogP contribution in [-0.2, 0) is 25.1 Å². The lowest BCUT2D eigenvalue weighted by Gasteiger charge is -2.25. The van der Waals surface area contributed by atoms with Crippen molar-refractivity contribution in [2.45, 2.75) is 160 Å². The standard InChI is InChI=1S/C38H56FN6O5P.C3H8O2/c1-2-3-4-5-6-7-8-9-10-11-12-13-14-15-16-33(47-25-31-21-30(24-40)22-32(39)23-31)26-48-51(46)49-28-38(27-41)20-19-36(50-38)34-17-18-35-37(42)43-29-44-45(34)35;1-3(2,4)5/h17-18,21-23,33,36,44,46H,2-16,19-20,25-26,28-29H2,1H3,(H2,42,43);4-5H,1-2H3. The van der Waals surface area contributed by atoms with Gasteiger partial charge in [0, 0.05) is 0 Å². The van der Waals surface area contributed by atoms with E-state index in [9.17, 15) is 19.8 Å². The van der Waals surface area contributed by atoms with Crippen LogP contribution in [0.1, 0.15) is 159 Å². The minimum Gasteiger partial charge on any atom is -0.382 e. The molecule has 3 heterocycles. The largest absolute Gasteiger partial charge is 0.382 e. The van der Waals surface area contributed by atoms with E-state index in [1.807, 2.05) is 22.9 Å². The number of halogens is 1. The Balaban J connectivity index is 0.00000158. The number of hydrogen-bond donors (Lipinski definition) is 5. The van der Waals surface area contributed by atoms with Crippen molar-refractivity contribution in [3.8, 4) is 12.1 Å². The first-order valence-electron chi connectivity index (χ1n) is 20.2. The third kappa shape index (κ3) is 18.0. The smallest absolute Gasteiger partial charge is 0.330 e. The van der Waals surface area contributed by atoms with Crippen LogP contribution in [0.3, 0.4) is 0 Å². The van der Waals surface area contributed by atoms with Crippen LogP contribution in [0.5, 0.6) is 0 Å². The zero-order valence-electron chi connectivity index (χ0n) is 33.6. The Morgan fingerprint density at radius 3 is 2.25 bits per heavy atom. The third-order valence-electron chi connectivity index (χ3n) is 9.59. The zero-order valence-corrected chi connectivity index (χ0v) is 34.5. The van der Waals surface area contributed by atoms with Crippen molar-refractivity contribution in [1.29, 1.82) is 10.5 Å². The number of nitrogens with one attached hydrogen (secondary N) is 1. The monoisotopic (exact) mass is 802 g/mol. The number of fused-ring (bicyclic) bond motifs is 1. The van der Waals surface area contributed by atoms with Crippen molar-refractivity contribution in [3.05, 3.63) is 58.7 Å². The van der Waals surface area contributed by atoms with Gasteiger partial charge < -0.3 is 44.8 Å². The number of aromatic nitrogens is 1. The fourth-order valence-electron chi connectivity index (χ4n) is 6.67. The first-order chi connectivity index (χ1) is 26.9. The molecule has 0 radical (unpaired) electrons. The number of rotatable bonds is 25. The predicted octanol–water partition coefficient (Wildman–Crippen LogP) is 8.25. The summed E-state index contributed by atoms with van der Waals surface area (Å²) in [5.41, 5.74) is 10.3. The Bertz CT molecular complexity index is 1550. The second-order valence-corrected chi connectivity index (χ2v) is 16.2. The summed E-state index contributed by atoms with van der Waals surface area (Å²) in [5.74, 6) is -1.56. The molecule has 1 fully saturated rings. The lowest BCUT2D eigenvalue weighted by atomic mass is 10.0. The van der Waals surface area contributed by atoms with Crippen molar-refractivity contribution >= 4 is 14.4 Å². The molecular weight excluding hydrogens is 738 g/mol. The van der Waals surface area contributed by atoms with Crippen LogP contribution in [0.2, 0.25) is 0 Å². The maximum atomic E-state index is 14.0. The number of nitrogens with zero attached hydrogens (tertiary/aromatic N) is 4. The molecule has 2 aliphatic rings. The van der Waals surface area contributed by atoms with Crippen LogP contribution in [0.15, 0.2) is 35.3 Å². The van der Waals surface area contributed by atoms with Gasteiger partial charge in [-0.2, -0.15) is 10.5 Å². The van der Waals surface area contributed by atoms with Crippen LogP contribution in [-0.4, -0.2) is 63.0 Å². The fourth-order valence-corrected chi connectivity index (χ4v) is 7.36. The van der Waals surface area contributed by atoms with Crippen molar-refractivity contribution in [3.63, 3.8) is 0 Å². The number of amidine groups is 1. The Kier molecular flexibility index (Phi) is 21.3. The lowest BCUT2D eigenvalue weighted by Crippen LogP contribution is -2.34. The van der Waals surface area contributed by atoms with Gasteiger partial charge in [0.1, 0.15) is 36.2 Å². The summed E-state index contributed by atoms with van der Waals surface area (Å²) < 4.78 is 39.5. The Morgan fingerprint density at radius 2 is 1.64 bits per heavy atom. The molecule has 13 nitrogen and oxygen atoms in total. The predicted molar refractivity (Wildman–Crippen MR) is 215 cm³/mol. The summed E-state index contributed by atoms with van der Waals surface area (Å²) in [6, 6.07) is 12.1. The van der Waals surface area contributed by atoms with E-state index in [1.165, 1.54) is 96.6 Å². The van der Waals surface area contributed by atoms with Gasteiger partial charge in [0.2, 0.25) is 0 Å². The molecule has 1 saturated heterocycles. The normalized spacial score (nSPS) is 18.8. The molecule has 56 heavy (non-hydrogen) atoms. The van der Waals surface area contributed by atoms with Crippen LogP contribution in [0.4, 0.5) is 4.39 Å². The summed E-state index contributed by atoms with van der Waals surface area (Å²) in [5, 5.41) is 35.4. The molecule has 312 valence electrons. The van der Waals surface area contributed by atoms with Gasteiger partial charge in [0.05, 0.1) is 43.3 Å². The molecule has 4 rings (SSSR count). The number of aliphatic imine (C=N–C) groups is 1. The number of aliphatic hydroxyl groups is 2. The summed E-state index contributed by atoms with van der Waals surface area (Å²) >= 11 is 0. The summed E-state index contributed by atoms with van der Waals surface area (Å²) in [4.78, 5) is 14.9. The SMILES string of the molecule is CC(C)(O)O.CCCCCCCCCCCCCCCCC(COP(O)OCC1(C#N)CCC(c2ccc3n2NCN=C3N)O1)OCc1cc(F)cc(C#N)c1. The number of benzene rings is 1. The molecule has 4 unspecified atom stereocenters. The van der Waals surface area contributed by atoms with E-state index in [4.69, 9.17) is 34.5 Å². The van der Waals surface area contributed by atoms with E-state index in [0.717, 1.165) is 30.7 Å². The van der Waals surface area contributed by atoms with Crippen molar-refractivity contribution in [2.75, 3.05) is 25.3 Å². The first kappa shape index (κ1) is 47.2. The second-order valence-electron chi connectivity index (χ2n) is 15.2. The molecule has 6 N–H and O–H groups in total. The zero-order chi connectivity index (χ0) is 40.8. The van der Waals surface area contributed by atoms with E-state index in [1.54, 1.807) is 6.07 Å². The minimum atomic E-state index is -2.32. The average molecular weight is 803 g/mol. The van der Waals surface area contributed by atoms with Gasteiger partial charge in [0.25, 0.3) is 0 Å². The van der Waals surface area contributed by atoms with E-state index in [-0.39, 0.29) is 37.6 Å². The molecule has 0 saturated carbocycles. The van der Waals surface area contributed by atoms with Gasteiger partial charge in [-0.1, -0.05) is 96.8 Å². The fraction of sp³-hybridized carbons (Fsp3) is 0.683. The van der Waals surface area contributed by atoms with E-state index >= 15 is 0 Å². The van der Waals surface area contributed by atoms with Gasteiger partial charge in [-0.3, -0.25) is 4.68 Å². The summed E-state index contributed by atoms with van der Waals surface area (Å²) in [6.45, 7) is 5.21. The lowest BCUT2D eigenvalue weighted by molar-refractivity contribution is -0.127. The van der Waals surface area contributed by atoms with Crippen LogP contribution in [0.25, 0.3) is 0 Å². The van der Waals surface area contributed by atoms with Gasteiger partial charge in [-0.25, -0.2) is 9.38 Å². The second kappa shape index (κ2) is 25.2. The third-order valence-corrected chi connectivity index (χ3v) is 10.3. The molecule has 1 aromatic heterocycles. The highest BCUT2D eigenvalue weighted by Crippen LogP contribution is 2.43. The highest BCUT2D eigenvalue weighted by molar-refractivity contribution is 7.40. The van der Waals surface area contributed by atoms with Gasteiger partial charge in [-0.15, -0.1) is 0 Å². The quantitative estimate of drug-likeness (QED) is 0.0368. The molecule has 2 aliphatic heterocycles. The van der Waals surface area contributed by atoms with E-state index < -0.39 is 25.8 Å². The van der Waals surface area contributed by atoms with E-state index in [2.05, 4.69) is 23.4 Å². The molecule has 1 aromatic carbocycles. The highest BCUT2D eigenvalue weighted by Gasteiger charge is 2.43. The van der Waals surface area contributed by atoms with Gasteiger partial charge in [0.15, 0.2) is 11.4 Å². The molecule has 0 aliphatic carbocycles. The topological polar surface area (TPSA) is 201 Å². The molecular formula is C41H64FN6O7P. The van der Waals surface area contributed by atoms with Crippen LogP contribution >= 0.6 is 8.60 Å². The summed E-state index contributed by atoms with van der Waals surface area (Å²) in [6.07, 6.45) is 18.6. The molecule has 0 spiro atoms. The first-order valence-corrected chi connectivity index (χ1v) is 21.3. The van der Waals surface area contributed by atoms with Gasteiger partial charge >= 0.3 is 8.60 Å². The van der Waals surface area contributed by atoms with Crippen molar-refractivity contribution < 1.29 is 38.0 Å². The molecule has 2 aromatic rings. The van der Waals surface area contributed by atoms with Crippen LogP contribution < -0.4 is 11.2 Å². The molecule has 0 bridgehead atoms. The average Bonchev–Trinajstić information content (AvgIpc) is 3.80. The minimum absolute atomic E-state index is 0.0645.